The van der Waals surface area contributed by atoms with Crippen LogP contribution >= 0.6 is 0 Å². The highest BCUT2D eigenvalue weighted by molar-refractivity contribution is 5.16. The Morgan fingerprint density at radius 3 is 2.90 bits per heavy atom. The van der Waals surface area contributed by atoms with Crippen molar-refractivity contribution < 1.29 is 13.9 Å². The van der Waals surface area contributed by atoms with E-state index in [2.05, 4.69) is 12.2 Å². The Kier molecular flexibility index (Phi) is 7.13. The quantitative estimate of drug-likeness (QED) is 0.711. The second-order valence-electron chi connectivity index (χ2n) is 5.75. The molecule has 118 valence electrons. The van der Waals surface area contributed by atoms with Gasteiger partial charge in [0.2, 0.25) is 0 Å². The van der Waals surface area contributed by atoms with Crippen LogP contribution in [0, 0.1) is 5.82 Å². The number of nitrogens with one attached hydrogen (secondary N) is 1. The van der Waals surface area contributed by atoms with Crippen LogP contribution in [0.2, 0.25) is 0 Å². The second kappa shape index (κ2) is 9.13. The topological polar surface area (TPSA) is 30.5 Å². The lowest BCUT2D eigenvalue weighted by Gasteiger charge is -2.14. The molecule has 1 aromatic rings. The van der Waals surface area contributed by atoms with Gasteiger partial charge in [-0.3, -0.25) is 0 Å². The van der Waals surface area contributed by atoms with E-state index in [0.29, 0.717) is 12.1 Å². The highest BCUT2D eigenvalue weighted by Gasteiger charge is 2.14. The molecule has 1 fully saturated rings. The Hall–Kier alpha value is -0.970. The molecule has 1 N–H and O–H groups in total. The van der Waals surface area contributed by atoms with Gasteiger partial charge in [0.15, 0.2) is 0 Å². The molecule has 0 saturated carbocycles. The summed E-state index contributed by atoms with van der Waals surface area (Å²) in [5.41, 5.74) is 1.16. The fourth-order valence-corrected chi connectivity index (χ4v) is 2.56. The summed E-state index contributed by atoms with van der Waals surface area (Å²) < 4.78 is 23.9. The summed E-state index contributed by atoms with van der Waals surface area (Å²) in [6.07, 6.45) is 4.52. The zero-order valence-corrected chi connectivity index (χ0v) is 12.8. The molecule has 1 saturated heterocycles. The maximum Gasteiger partial charge on any atom is 0.123 e. The summed E-state index contributed by atoms with van der Waals surface area (Å²) in [5, 5.41) is 3.47. The smallest absolute Gasteiger partial charge is 0.123 e. The first kappa shape index (κ1) is 16.4. The molecule has 1 aromatic carbocycles. The molecule has 1 heterocycles. The molecule has 0 radical (unpaired) electrons. The van der Waals surface area contributed by atoms with Crippen LogP contribution in [-0.4, -0.2) is 38.5 Å². The zero-order chi connectivity index (χ0) is 14.9. The summed E-state index contributed by atoms with van der Waals surface area (Å²) in [6.45, 7) is 5.47. The van der Waals surface area contributed by atoms with Gasteiger partial charge in [-0.25, -0.2) is 4.39 Å². The fraction of sp³-hybridized carbons (Fsp3) is 0.647. The zero-order valence-electron chi connectivity index (χ0n) is 12.8. The van der Waals surface area contributed by atoms with Crippen molar-refractivity contribution >= 4 is 0 Å². The SMILES string of the molecule is CC(Cc1ccc(F)cc1)NCCCOCC1CCCO1. The molecule has 0 bridgehead atoms. The molecule has 1 aliphatic rings. The number of ether oxygens (including phenoxy) is 2. The number of halogens is 1. The van der Waals surface area contributed by atoms with Crippen LogP contribution in [0.4, 0.5) is 4.39 Å². The first-order valence-corrected chi connectivity index (χ1v) is 7.91. The Bertz CT molecular complexity index is 390. The molecule has 4 heteroatoms. The van der Waals surface area contributed by atoms with E-state index in [0.717, 1.165) is 57.6 Å². The van der Waals surface area contributed by atoms with Crippen LogP contribution in [0.5, 0.6) is 0 Å². The monoisotopic (exact) mass is 295 g/mol. The summed E-state index contributed by atoms with van der Waals surface area (Å²) >= 11 is 0. The van der Waals surface area contributed by atoms with Crippen molar-refractivity contribution in [2.75, 3.05) is 26.4 Å². The predicted octanol–water partition coefficient (Wildman–Crippen LogP) is 2.93. The van der Waals surface area contributed by atoms with Gasteiger partial charge >= 0.3 is 0 Å². The van der Waals surface area contributed by atoms with E-state index in [1.807, 2.05) is 12.1 Å². The van der Waals surface area contributed by atoms with Crippen molar-refractivity contribution in [1.29, 1.82) is 0 Å². The van der Waals surface area contributed by atoms with Crippen molar-refractivity contribution in [3.05, 3.63) is 35.6 Å². The van der Waals surface area contributed by atoms with E-state index < -0.39 is 0 Å². The molecule has 3 nitrogen and oxygen atoms in total. The van der Waals surface area contributed by atoms with Gasteiger partial charge in [-0.15, -0.1) is 0 Å². The lowest BCUT2D eigenvalue weighted by Crippen LogP contribution is -2.29. The molecule has 0 amide bonds. The van der Waals surface area contributed by atoms with Crippen molar-refractivity contribution in [3.63, 3.8) is 0 Å². The molecule has 21 heavy (non-hydrogen) atoms. The van der Waals surface area contributed by atoms with E-state index in [1.165, 1.54) is 12.1 Å². The number of hydrogen-bond donors (Lipinski definition) is 1. The van der Waals surface area contributed by atoms with E-state index >= 15 is 0 Å². The average Bonchev–Trinajstić information content (AvgIpc) is 2.98. The van der Waals surface area contributed by atoms with E-state index in [4.69, 9.17) is 9.47 Å². The molecule has 0 aromatic heterocycles. The summed E-state index contributed by atoms with van der Waals surface area (Å²) in [6, 6.07) is 7.10. The lowest BCUT2D eigenvalue weighted by molar-refractivity contribution is 0.0165. The van der Waals surface area contributed by atoms with Gasteiger partial charge in [0.1, 0.15) is 5.82 Å². The largest absolute Gasteiger partial charge is 0.379 e. The van der Waals surface area contributed by atoms with Crippen molar-refractivity contribution in [2.24, 2.45) is 0 Å². The molecule has 0 aliphatic carbocycles. The maximum absolute atomic E-state index is 12.8. The molecule has 2 unspecified atom stereocenters. The Labute approximate surface area is 126 Å². The van der Waals surface area contributed by atoms with Gasteiger partial charge in [-0.05, 0) is 56.8 Å². The first-order chi connectivity index (χ1) is 10.2. The van der Waals surface area contributed by atoms with Gasteiger partial charge in [0.25, 0.3) is 0 Å². The minimum Gasteiger partial charge on any atom is -0.379 e. The highest BCUT2D eigenvalue weighted by atomic mass is 19.1. The molecular formula is C17H26FNO2. The van der Waals surface area contributed by atoms with E-state index in [1.54, 1.807) is 0 Å². The molecule has 1 aliphatic heterocycles. The Morgan fingerprint density at radius 2 is 2.19 bits per heavy atom. The van der Waals surface area contributed by atoms with Crippen LogP contribution < -0.4 is 5.32 Å². The second-order valence-corrected chi connectivity index (χ2v) is 5.75. The standard InChI is InChI=1S/C17H26FNO2/c1-14(12-15-5-7-16(18)8-6-15)19-9-3-10-20-13-17-4-2-11-21-17/h5-8,14,17,19H,2-4,9-13H2,1H3. The summed E-state index contributed by atoms with van der Waals surface area (Å²) in [4.78, 5) is 0. The molecule has 0 spiro atoms. The van der Waals surface area contributed by atoms with Crippen molar-refractivity contribution in [2.45, 2.75) is 44.8 Å². The number of benzene rings is 1. The Morgan fingerprint density at radius 1 is 1.38 bits per heavy atom. The third-order valence-corrected chi connectivity index (χ3v) is 3.74. The third kappa shape index (κ3) is 6.55. The van der Waals surface area contributed by atoms with Gasteiger partial charge in [-0.1, -0.05) is 12.1 Å². The van der Waals surface area contributed by atoms with Crippen LogP contribution in [0.1, 0.15) is 31.7 Å². The van der Waals surface area contributed by atoms with Crippen molar-refractivity contribution in [1.82, 2.24) is 5.32 Å². The van der Waals surface area contributed by atoms with Gasteiger partial charge in [-0.2, -0.15) is 0 Å². The molecule has 2 rings (SSSR count). The lowest BCUT2D eigenvalue weighted by atomic mass is 10.1. The minimum absolute atomic E-state index is 0.178. The predicted molar refractivity (Wildman–Crippen MR) is 82.0 cm³/mol. The van der Waals surface area contributed by atoms with Crippen LogP contribution in [0.3, 0.4) is 0 Å². The number of hydrogen-bond acceptors (Lipinski definition) is 3. The van der Waals surface area contributed by atoms with Crippen LogP contribution in [0.25, 0.3) is 0 Å². The van der Waals surface area contributed by atoms with E-state index in [9.17, 15) is 4.39 Å². The Balaban J connectivity index is 1.48. The average molecular weight is 295 g/mol. The van der Waals surface area contributed by atoms with Crippen LogP contribution in [0.15, 0.2) is 24.3 Å². The highest BCUT2D eigenvalue weighted by Crippen LogP contribution is 2.11. The van der Waals surface area contributed by atoms with Crippen molar-refractivity contribution in [3.8, 4) is 0 Å². The first-order valence-electron chi connectivity index (χ1n) is 7.91. The fourth-order valence-electron chi connectivity index (χ4n) is 2.56. The van der Waals surface area contributed by atoms with Crippen LogP contribution in [-0.2, 0) is 15.9 Å². The minimum atomic E-state index is -0.178. The van der Waals surface area contributed by atoms with Gasteiger partial charge in [0, 0.05) is 19.3 Å². The normalized spacial score (nSPS) is 19.8. The van der Waals surface area contributed by atoms with Gasteiger partial charge < -0.3 is 14.8 Å². The third-order valence-electron chi connectivity index (χ3n) is 3.74. The van der Waals surface area contributed by atoms with Gasteiger partial charge in [0.05, 0.1) is 12.7 Å². The molecular weight excluding hydrogens is 269 g/mol. The number of rotatable bonds is 9. The maximum atomic E-state index is 12.8. The summed E-state index contributed by atoms with van der Waals surface area (Å²) in [7, 11) is 0. The van der Waals surface area contributed by atoms with E-state index in [-0.39, 0.29) is 5.82 Å². The summed E-state index contributed by atoms with van der Waals surface area (Å²) in [5.74, 6) is -0.178. The molecule has 2 atom stereocenters.